The second kappa shape index (κ2) is 4.64. The molecule has 1 fully saturated rings. The van der Waals surface area contributed by atoms with Crippen molar-refractivity contribution >= 4 is 6.41 Å². The molecule has 18 heavy (non-hydrogen) atoms. The quantitative estimate of drug-likeness (QED) is 0.839. The lowest BCUT2D eigenvalue weighted by molar-refractivity contribution is -0.119. The van der Waals surface area contributed by atoms with Gasteiger partial charge in [-0.1, -0.05) is 30.3 Å². The third-order valence-corrected chi connectivity index (χ3v) is 3.43. The van der Waals surface area contributed by atoms with Gasteiger partial charge in [-0.3, -0.25) is 4.79 Å². The first-order valence-corrected chi connectivity index (χ1v) is 6.20. The Labute approximate surface area is 106 Å². The maximum Gasteiger partial charge on any atom is 0.210 e. The average molecular weight is 241 g/mol. The molecule has 1 aromatic carbocycles. The average Bonchev–Trinajstić information content (AvgIpc) is 3.08. The van der Waals surface area contributed by atoms with Crippen LogP contribution < -0.4 is 0 Å². The molecular weight excluding hydrogens is 226 g/mol. The lowest BCUT2D eigenvalue weighted by Crippen LogP contribution is -2.21. The largest absolute Gasteiger partial charge is 0.340 e. The van der Waals surface area contributed by atoms with Crippen molar-refractivity contribution in [1.29, 1.82) is 0 Å². The Hall–Kier alpha value is -2.10. The molecule has 4 nitrogen and oxygen atoms in total. The van der Waals surface area contributed by atoms with Gasteiger partial charge in [0, 0.05) is 6.54 Å². The highest BCUT2D eigenvalue weighted by molar-refractivity contribution is 5.58. The fourth-order valence-corrected chi connectivity index (χ4v) is 2.48. The summed E-state index contributed by atoms with van der Waals surface area (Å²) in [6.45, 7) is 0.829. The van der Waals surface area contributed by atoms with Crippen molar-refractivity contribution in [2.75, 3.05) is 6.54 Å². The highest BCUT2D eigenvalue weighted by atomic mass is 16.1. The molecule has 1 aliphatic rings. The zero-order valence-corrected chi connectivity index (χ0v) is 10.0. The van der Waals surface area contributed by atoms with Crippen LogP contribution in [0.5, 0.6) is 0 Å². The standard InChI is InChI=1S/C14H15N3O/c18-10-17-8-4-7-13(17)14-15-9-12(16-14)11-5-2-1-3-6-11/h1-3,5-6,9-10,13H,4,7-8H2,(H,15,16). The molecule has 3 rings (SSSR count). The van der Waals surface area contributed by atoms with Crippen molar-refractivity contribution in [3.63, 3.8) is 0 Å². The number of amides is 1. The minimum Gasteiger partial charge on any atom is -0.340 e. The van der Waals surface area contributed by atoms with Crippen LogP contribution in [0.3, 0.4) is 0 Å². The van der Waals surface area contributed by atoms with Gasteiger partial charge < -0.3 is 9.88 Å². The van der Waals surface area contributed by atoms with Gasteiger partial charge in [-0.05, 0) is 18.4 Å². The number of likely N-dealkylation sites (tertiary alicyclic amines) is 1. The zero-order chi connectivity index (χ0) is 12.4. The van der Waals surface area contributed by atoms with Crippen molar-refractivity contribution in [3.8, 4) is 11.3 Å². The summed E-state index contributed by atoms with van der Waals surface area (Å²) in [4.78, 5) is 20.5. The molecule has 0 radical (unpaired) electrons. The van der Waals surface area contributed by atoms with Gasteiger partial charge in [0.25, 0.3) is 0 Å². The highest BCUT2D eigenvalue weighted by Crippen LogP contribution is 2.29. The van der Waals surface area contributed by atoms with E-state index >= 15 is 0 Å². The normalized spacial score (nSPS) is 19.1. The molecule has 1 amide bonds. The van der Waals surface area contributed by atoms with Crippen LogP contribution in [-0.2, 0) is 4.79 Å². The van der Waals surface area contributed by atoms with E-state index in [1.807, 2.05) is 41.4 Å². The predicted octanol–water partition coefficient (Wildman–Crippen LogP) is 2.37. The lowest BCUT2D eigenvalue weighted by Gasteiger charge is -2.17. The third kappa shape index (κ3) is 1.90. The Morgan fingerprint density at radius 3 is 2.94 bits per heavy atom. The molecule has 2 heterocycles. The number of nitrogens with one attached hydrogen (secondary N) is 1. The van der Waals surface area contributed by atoms with E-state index < -0.39 is 0 Å². The van der Waals surface area contributed by atoms with Crippen LogP contribution >= 0.6 is 0 Å². The Bertz CT molecular complexity index is 535. The van der Waals surface area contributed by atoms with Crippen molar-refractivity contribution < 1.29 is 4.79 Å². The van der Waals surface area contributed by atoms with Gasteiger partial charge >= 0.3 is 0 Å². The first-order valence-electron chi connectivity index (χ1n) is 6.20. The van der Waals surface area contributed by atoms with Crippen LogP contribution in [0, 0.1) is 0 Å². The molecule has 92 valence electrons. The number of carbonyl (C=O) groups excluding carboxylic acids is 1. The molecule has 0 spiro atoms. The van der Waals surface area contributed by atoms with Crippen LogP contribution in [-0.4, -0.2) is 27.8 Å². The smallest absolute Gasteiger partial charge is 0.210 e. The van der Waals surface area contributed by atoms with Crippen LogP contribution in [0.4, 0.5) is 0 Å². The SMILES string of the molecule is O=CN1CCCC1c1ncc(-c2ccccc2)[nH]1. The number of aromatic nitrogens is 2. The number of benzene rings is 1. The minimum atomic E-state index is 0.111. The summed E-state index contributed by atoms with van der Waals surface area (Å²) in [6, 6.07) is 10.2. The molecular formula is C14H15N3O. The van der Waals surface area contributed by atoms with Crippen molar-refractivity contribution in [1.82, 2.24) is 14.9 Å². The summed E-state index contributed by atoms with van der Waals surface area (Å²) in [6.07, 6.45) is 4.79. The van der Waals surface area contributed by atoms with Crippen LogP contribution in [0.25, 0.3) is 11.3 Å². The molecule has 1 aromatic heterocycles. The van der Waals surface area contributed by atoms with E-state index in [1.165, 1.54) is 0 Å². The summed E-state index contributed by atoms with van der Waals surface area (Å²) in [5.41, 5.74) is 2.12. The molecule has 2 aromatic rings. The van der Waals surface area contributed by atoms with E-state index in [0.717, 1.165) is 42.9 Å². The lowest BCUT2D eigenvalue weighted by atomic mass is 10.2. The maximum absolute atomic E-state index is 11.0. The van der Waals surface area contributed by atoms with Gasteiger partial charge in [-0.15, -0.1) is 0 Å². The Kier molecular flexibility index (Phi) is 2.84. The topological polar surface area (TPSA) is 49.0 Å². The van der Waals surface area contributed by atoms with Gasteiger partial charge in [0.1, 0.15) is 5.82 Å². The maximum atomic E-state index is 11.0. The van der Waals surface area contributed by atoms with E-state index in [9.17, 15) is 4.79 Å². The van der Waals surface area contributed by atoms with E-state index in [-0.39, 0.29) is 6.04 Å². The fourth-order valence-electron chi connectivity index (χ4n) is 2.48. The minimum absolute atomic E-state index is 0.111. The van der Waals surface area contributed by atoms with Gasteiger partial charge in [0.15, 0.2) is 0 Å². The van der Waals surface area contributed by atoms with E-state index in [0.29, 0.717) is 0 Å². The predicted molar refractivity (Wildman–Crippen MR) is 68.8 cm³/mol. The molecule has 0 saturated carbocycles. The third-order valence-electron chi connectivity index (χ3n) is 3.43. The van der Waals surface area contributed by atoms with Gasteiger partial charge in [-0.2, -0.15) is 0 Å². The summed E-state index contributed by atoms with van der Waals surface area (Å²) >= 11 is 0. The van der Waals surface area contributed by atoms with Crippen LogP contribution in [0.1, 0.15) is 24.7 Å². The Morgan fingerprint density at radius 2 is 2.17 bits per heavy atom. The zero-order valence-electron chi connectivity index (χ0n) is 10.0. The summed E-state index contributed by atoms with van der Waals surface area (Å²) in [5, 5.41) is 0. The number of hydrogen-bond donors (Lipinski definition) is 1. The second-order valence-electron chi connectivity index (χ2n) is 4.55. The second-order valence-corrected chi connectivity index (χ2v) is 4.55. The number of imidazole rings is 1. The summed E-state index contributed by atoms with van der Waals surface area (Å²) in [7, 11) is 0. The van der Waals surface area contributed by atoms with Crippen molar-refractivity contribution in [2.45, 2.75) is 18.9 Å². The van der Waals surface area contributed by atoms with Gasteiger partial charge in [-0.25, -0.2) is 4.98 Å². The first kappa shape index (κ1) is 11.0. The van der Waals surface area contributed by atoms with Crippen LogP contribution in [0.2, 0.25) is 0 Å². The highest BCUT2D eigenvalue weighted by Gasteiger charge is 2.26. The monoisotopic (exact) mass is 241 g/mol. The molecule has 1 atom stereocenters. The first-order chi connectivity index (χ1) is 8.88. The number of hydrogen-bond acceptors (Lipinski definition) is 2. The molecule has 0 aliphatic carbocycles. The van der Waals surface area contributed by atoms with Gasteiger partial charge in [0.2, 0.25) is 6.41 Å². The van der Waals surface area contributed by atoms with Gasteiger partial charge in [0.05, 0.1) is 17.9 Å². The molecule has 1 unspecified atom stereocenters. The molecule has 1 saturated heterocycles. The number of aromatic amines is 1. The number of rotatable bonds is 3. The Morgan fingerprint density at radius 1 is 1.33 bits per heavy atom. The summed E-state index contributed by atoms with van der Waals surface area (Å²) in [5.74, 6) is 0.887. The summed E-state index contributed by atoms with van der Waals surface area (Å²) < 4.78 is 0. The van der Waals surface area contributed by atoms with Crippen LogP contribution in [0.15, 0.2) is 36.5 Å². The number of carbonyl (C=O) groups is 1. The molecule has 1 aliphatic heterocycles. The van der Waals surface area contributed by atoms with E-state index in [2.05, 4.69) is 9.97 Å². The van der Waals surface area contributed by atoms with Crippen molar-refractivity contribution in [2.24, 2.45) is 0 Å². The number of nitrogens with zero attached hydrogens (tertiary/aromatic N) is 2. The molecule has 1 N–H and O–H groups in total. The van der Waals surface area contributed by atoms with E-state index in [1.54, 1.807) is 0 Å². The van der Waals surface area contributed by atoms with Crippen molar-refractivity contribution in [3.05, 3.63) is 42.4 Å². The molecule has 0 bridgehead atoms. The fraction of sp³-hybridized carbons (Fsp3) is 0.286. The van der Waals surface area contributed by atoms with E-state index in [4.69, 9.17) is 0 Å². The number of H-pyrrole nitrogens is 1. The molecule has 4 heteroatoms. The Balaban J connectivity index is 1.88.